The van der Waals surface area contributed by atoms with Gasteiger partial charge in [0.25, 0.3) is 0 Å². The van der Waals surface area contributed by atoms with Crippen molar-refractivity contribution in [2.75, 3.05) is 32.8 Å². The number of rotatable bonds is 5. The number of benzene rings is 1. The summed E-state index contributed by atoms with van der Waals surface area (Å²) in [4.78, 5) is 14.8. The maximum Gasteiger partial charge on any atom is 0.249 e. The van der Waals surface area contributed by atoms with E-state index in [1.165, 1.54) is 37.1 Å². The molecule has 2 N–H and O–H groups in total. The standard InChI is InChI=1S/C25H36N2O2/c1-24(2)9-7-19(8-10-24)22-17-20(5-6-21(22)23(26)28)25(11-15-29-16-12-25)18-27-13-3-4-14-27/h5-7,17H,3-4,8-16,18H2,1-2H3,(H2,26,28). The first-order chi connectivity index (χ1) is 13.9. The summed E-state index contributed by atoms with van der Waals surface area (Å²) in [6, 6.07) is 6.44. The maximum absolute atomic E-state index is 12.2. The summed E-state index contributed by atoms with van der Waals surface area (Å²) in [6.07, 6.45) is 10.3. The summed E-state index contributed by atoms with van der Waals surface area (Å²) in [5.41, 5.74) is 10.6. The van der Waals surface area contributed by atoms with Gasteiger partial charge in [0.05, 0.1) is 0 Å². The molecule has 158 valence electrons. The summed E-state index contributed by atoms with van der Waals surface area (Å²) in [5.74, 6) is -0.321. The summed E-state index contributed by atoms with van der Waals surface area (Å²) in [6.45, 7) is 9.77. The van der Waals surface area contributed by atoms with Crippen LogP contribution in [0.25, 0.3) is 5.57 Å². The van der Waals surface area contributed by atoms with Crippen LogP contribution >= 0.6 is 0 Å². The molecule has 0 spiro atoms. The second kappa shape index (κ2) is 8.23. The highest BCUT2D eigenvalue weighted by Crippen LogP contribution is 2.42. The monoisotopic (exact) mass is 396 g/mol. The van der Waals surface area contributed by atoms with Crippen LogP contribution in [0.1, 0.15) is 80.3 Å². The van der Waals surface area contributed by atoms with Crippen LogP contribution in [0.4, 0.5) is 0 Å². The molecule has 4 rings (SSSR count). The number of carbonyl (C=O) groups is 1. The van der Waals surface area contributed by atoms with E-state index in [1.54, 1.807) is 0 Å². The molecule has 0 saturated carbocycles. The zero-order valence-electron chi connectivity index (χ0n) is 18.1. The first-order valence-corrected chi connectivity index (χ1v) is 11.3. The van der Waals surface area contributed by atoms with Crippen LogP contribution in [0.15, 0.2) is 24.3 Å². The number of amides is 1. The fraction of sp³-hybridized carbons (Fsp3) is 0.640. The molecule has 0 unspecified atom stereocenters. The van der Waals surface area contributed by atoms with Gasteiger partial charge >= 0.3 is 0 Å². The van der Waals surface area contributed by atoms with Crippen molar-refractivity contribution in [3.05, 3.63) is 41.0 Å². The molecule has 0 bridgehead atoms. The van der Waals surface area contributed by atoms with Crippen LogP contribution in [0.2, 0.25) is 0 Å². The van der Waals surface area contributed by atoms with E-state index < -0.39 is 0 Å². The summed E-state index contributed by atoms with van der Waals surface area (Å²) >= 11 is 0. The Balaban J connectivity index is 1.72. The molecule has 2 saturated heterocycles. The lowest BCUT2D eigenvalue weighted by Gasteiger charge is -2.41. The van der Waals surface area contributed by atoms with E-state index in [0.29, 0.717) is 11.0 Å². The zero-order chi connectivity index (χ0) is 20.5. The van der Waals surface area contributed by atoms with Gasteiger partial charge in [0.2, 0.25) is 5.91 Å². The first-order valence-electron chi connectivity index (χ1n) is 11.3. The molecule has 29 heavy (non-hydrogen) atoms. The second-order valence-corrected chi connectivity index (χ2v) is 10.1. The van der Waals surface area contributed by atoms with Crippen LogP contribution in [-0.4, -0.2) is 43.7 Å². The normalized spacial score (nSPS) is 24.3. The van der Waals surface area contributed by atoms with E-state index in [2.05, 4.69) is 37.0 Å². The van der Waals surface area contributed by atoms with Gasteiger partial charge in [0.1, 0.15) is 0 Å². The summed E-state index contributed by atoms with van der Waals surface area (Å²) in [5, 5.41) is 0. The third-order valence-electron chi connectivity index (χ3n) is 7.39. The molecule has 1 aromatic carbocycles. The predicted octanol–water partition coefficient (Wildman–Crippen LogP) is 4.52. The zero-order valence-corrected chi connectivity index (χ0v) is 18.1. The van der Waals surface area contributed by atoms with E-state index >= 15 is 0 Å². The van der Waals surface area contributed by atoms with Crippen LogP contribution in [0, 0.1) is 5.41 Å². The van der Waals surface area contributed by atoms with Gasteiger partial charge in [-0.1, -0.05) is 32.1 Å². The van der Waals surface area contributed by atoms with E-state index in [4.69, 9.17) is 10.5 Å². The van der Waals surface area contributed by atoms with Crippen molar-refractivity contribution >= 4 is 11.5 Å². The van der Waals surface area contributed by atoms with Gasteiger partial charge in [-0.2, -0.15) is 0 Å². The molecule has 4 nitrogen and oxygen atoms in total. The fourth-order valence-electron chi connectivity index (χ4n) is 5.34. The van der Waals surface area contributed by atoms with E-state index in [0.717, 1.165) is 57.4 Å². The number of primary amides is 1. The van der Waals surface area contributed by atoms with Crippen LogP contribution < -0.4 is 5.73 Å². The number of nitrogens with zero attached hydrogens (tertiary/aromatic N) is 1. The molecule has 2 fully saturated rings. The SMILES string of the molecule is CC1(C)CC=C(c2cc(C3(CN4CCCC4)CCOCC3)ccc2C(N)=O)CC1. The Morgan fingerprint density at radius 2 is 1.86 bits per heavy atom. The number of hydrogen-bond donors (Lipinski definition) is 1. The Morgan fingerprint density at radius 3 is 2.48 bits per heavy atom. The average Bonchev–Trinajstić information content (AvgIpc) is 3.21. The van der Waals surface area contributed by atoms with Crippen molar-refractivity contribution in [1.82, 2.24) is 4.90 Å². The van der Waals surface area contributed by atoms with Crippen molar-refractivity contribution in [2.24, 2.45) is 11.1 Å². The van der Waals surface area contributed by atoms with Crippen molar-refractivity contribution in [2.45, 2.75) is 64.2 Å². The molecular formula is C25H36N2O2. The van der Waals surface area contributed by atoms with Crippen molar-refractivity contribution in [1.29, 1.82) is 0 Å². The molecular weight excluding hydrogens is 360 g/mol. The maximum atomic E-state index is 12.2. The molecule has 0 radical (unpaired) electrons. The number of nitrogens with two attached hydrogens (primary N) is 1. The molecule has 0 atom stereocenters. The van der Waals surface area contributed by atoms with Crippen LogP contribution in [0.5, 0.6) is 0 Å². The Labute approximate surface area is 175 Å². The van der Waals surface area contributed by atoms with Gasteiger partial charge in [0.15, 0.2) is 0 Å². The summed E-state index contributed by atoms with van der Waals surface area (Å²) in [7, 11) is 0. The molecule has 3 aliphatic rings. The van der Waals surface area contributed by atoms with Crippen molar-refractivity contribution in [3.8, 4) is 0 Å². The number of likely N-dealkylation sites (tertiary alicyclic amines) is 1. The highest BCUT2D eigenvalue weighted by atomic mass is 16.5. The highest BCUT2D eigenvalue weighted by molar-refractivity contribution is 5.98. The molecule has 1 aliphatic carbocycles. The van der Waals surface area contributed by atoms with E-state index in [-0.39, 0.29) is 11.3 Å². The third kappa shape index (κ3) is 4.44. The lowest BCUT2D eigenvalue weighted by molar-refractivity contribution is 0.0370. The third-order valence-corrected chi connectivity index (χ3v) is 7.39. The average molecular weight is 397 g/mol. The smallest absolute Gasteiger partial charge is 0.249 e. The summed E-state index contributed by atoms with van der Waals surface area (Å²) < 4.78 is 5.74. The van der Waals surface area contributed by atoms with Gasteiger partial charge in [0, 0.05) is 30.7 Å². The van der Waals surface area contributed by atoms with Crippen LogP contribution in [0.3, 0.4) is 0 Å². The van der Waals surface area contributed by atoms with Gasteiger partial charge in [-0.25, -0.2) is 0 Å². The molecule has 0 aromatic heterocycles. The second-order valence-electron chi connectivity index (χ2n) is 10.1. The Kier molecular flexibility index (Phi) is 5.85. The quantitative estimate of drug-likeness (QED) is 0.796. The topological polar surface area (TPSA) is 55.6 Å². The lowest BCUT2D eigenvalue weighted by Crippen LogP contribution is -2.44. The fourth-order valence-corrected chi connectivity index (χ4v) is 5.34. The van der Waals surface area contributed by atoms with Gasteiger partial charge in [-0.3, -0.25) is 4.79 Å². The number of allylic oxidation sites excluding steroid dienone is 2. The number of ether oxygens (including phenoxy) is 1. The highest BCUT2D eigenvalue weighted by Gasteiger charge is 2.37. The lowest BCUT2D eigenvalue weighted by atomic mass is 9.71. The van der Waals surface area contributed by atoms with Crippen LogP contribution in [-0.2, 0) is 10.2 Å². The first kappa shape index (κ1) is 20.6. The van der Waals surface area contributed by atoms with Crippen molar-refractivity contribution < 1.29 is 9.53 Å². The molecule has 1 amide bonds. The Hall–Kier alpha value is -1.65. The van der Waals surface area contributed by atoms with Crippen molar-refractivity contribution in [3.63, 3.8) is 0 Å². The minimum absolute atomic E-state index is 0.113. The van der Waals surface area contributed by atoms with E-state index in [9.17, 15) is 4.79 Å². The van der Waals surface area contributed by atoms with E-state index in [1.807, 2.05) is 6.07 Å². The Morgan fingerprint density at radius 1 is 1.14 bits per heavy atom. The van der Waals surface area contributed by atoms with Gasteiger partial charge in [-0.15, -0.1) is 0 Å². The molecule has 1 aromatic rings. The molecule has 2 aliphatic heterocycles. The minimum Gasteiger partial charge on any atom is -0.381 e. The van der Waals surface area contributed by atoms with Gasteiger partial charge in [-0.05, 0) is 86.2 Å². The Bertz CT molecular complexity index is 784. The molecule has 2 heterocycles. The van der Waals surface area contributed by atoms with Gasteiger partial charge < -0.3 is 15.4 Å². The largest absolute Gasteiger partial charge is 0.381 e. The number of hydrogen-bond acceptors (Lipinski definition) is 3. The predicted molar refractivity (Wildman–Crippen MR) is 118 cm³/mol. The molecule has 4 heteroatoms. The minimum atomic E-state index is -0.321. The number of carbonyl (C=O) groups excluding carboxylic acids is 1.